The molecule has 6 heteroatoms. The summed E-state index contributed by atoms with van der Waals surface area (Å²) in [6, 6.07) is 8.92. The number of nitrogens with zero attached hydrogens (tertiary/aromatic N) is 1. The summed E-state index contributed by atoms with van der Waals surface area (Å²) in [6.07, 6.45) is 3.18. The van der Waals surface area contributed by atoms with Crippen LogP contribution in [0.4, 0.5) is 4.79 Å². The zero-order valence-corrected chi connectivity index (χ0v) is 13.2. The largest absolute Gasteiger partial charge is 0.352 e. The van der Waals surface area contributed by atoms with Gasteiger partial charge in [0.05, 0.1) is 0 Å². The number of hydrogen-bond acceptors (Lipinski definition) is 3. The van der Waals surface area contributed by atoms with E-state index >= 15 is 0 Å². The van der Waals surface area contributed by atoms with Gasteiger partial charge in [0.15, 0.2) is 0 Å². The predicted octanol–water partition coefficient (Wildman–Crippen LogP) is 1.51. The first-order chi connectivity index (χ1) is 11.1. The van der Waals surface area contributed by atoms with E-state index in [-0.39, 0.29) is 24.4 Å². The Bertz CT molecular complexity index is 627. The van der Waals surface area contributed by atoms with E-state index in [9.17, 15) is 14.4 Å². The summed E-state index contributed by atoms with van der Waals surface area (Å²) in [6.45, 7) is 1.74. The Morgan fingerprint density at radius 2 is 2.00 bits per heavy atom. The number of carbonyl (C=O) groups excluding carboxylic acids is 3. The van der Waals surface area contributed by atoms with Crippen LogP contribution in [0.15, 0.2) is 30.3 Å². The van der Waals surface area contributed by atoms with E-state index in [0.717, 1.165) is 29.7 Å². The highest BCUT2D eigenvalue weighted by Gasteiger charge is 2.52. The van der Waals surface area contributed by atoms with Crippen molar-refractivity contribution in [1.29, 1.82) is 0 Å². The van der Waals surface area contributed by atoms with Crippen LogP contribution in [0.2, 0.25) is 0 Å². The number of urea groups is 1. The number of rotatable bonds is 6. The molecule has 1 heterocycles. The fraction of sp³-hybridized carbons (Fsp3) is 0.471. The number of carbonyl (C=O) groups is 3. The molecule has 2 aliphatic rings. The van der Waals surface area contributed by atoms with Crippen LogP contribution >= 0.6 is 0 Å². The van der Waals surface area contributed by atoms with Crippen molar-refractivity contribution in [1.82, 2.24) is 15.5 Å². The fourth-order valence-electron chi connectivity index (χ4n) is 3.02. The number of imide groups is 1. The van der Waals surface area contributed by atoms with Crippen molar-refractivity contribution in [3.8, 4) is 0 Å². The van der Waals surface area contributed by atoms with Crippen molar-refractivity contribution >= 4 is 17.8 Å². The predicted molar refractivity (Wildman–Crippen MR) is 84.4 cm³/mol. The first kappa shape index (κ1) is 15.5. The summed E-state index contributed by atoms with van der Waals surface area (Å²) < 4.78 is 0. The van der Waals surface area contributed by atoms with Gasteiger partial charge in [-0.15, -0.1) is 0 Å². The van der Waals surface area contributed by atoms with Gasteiger partial charge in [0.2, 0.25) is 5.91 Å². The maximum Gasteiger partial charge on any atom is 0.325 e. The molecule has 1 saturated carbocycles. The van der Waals surface area contributed by atoms with Gasteiger partial charge < -0.3 is 10.6 Å². The molecule has 4 amide bonds. The zero-order chi connectivity index (χ0) is 16.4. The molecule has 0 unspecified atom stereocenters. The van der Waals surface area contributed by atoms with Crippen molar-refractivity contribution in [3.05, 3.63) is 35.9 Å². The van der Waals surface area contributed by atoms with Gasteiger partial charge in [0.25, 0.3) is 5.91 Å². The van der Waals surface area contributed by atoms with Gasteiger partial charge >= 0.3 is 6.03 Å². The Labute approximate surface area is 135 Å². The molecule has 122 valence electrons. The molecule has 1 saturated heterocycles. The fourth-order valence-corrected chi connectivity index (χ4v) is 3.02. The summed E-state index contributed by atoms with van der Waals surface area (Å²) in [4.78, 5) is 38.2. The van der Waals surface area contributed by atoms with Gasteiger partial charge in [-0.25, -0.2) is 4.79 Å². The minimum Gasteiger partial charge on any atom is -0.352 e. The molecule has 3 rings (SSSR count). The molecule has 2 N–H and O–H groups in total. The second-order valence-corrected chi connectivity index (χ2v) is 6.18. The molecule has 0 radical (unpaired) electrons. The lowest BCUT2D eigenvalue weighted by Gasteiger charge is -2.26. The third-order valence-corrected chi connectivity index (χ3v) is 4.31. The maximum absolute atomic E-state index is 12.9. The first-order valence-corrected chi connectivity index (χ1v) is 8.06. The summed E-state index contributed by atoms with van der Waals surface area (Å²) in [7, 11) is 0. The Hall–Kier alpha value is -2.37. The van der Waals surface area contributed by atoms with E-state index in [1.807, 2.05) is 37.3 Å². The van der Waals surface area contributed by atoms with Crippen LogP contribution in [0.5, 0.6) is 0 Å². The first-order valence-electron chi connectivity index (χ1n) is 8.06. The Morgan fingerprint density at radius 1 is 1.30 bits per heavy atom. The third-order valence-electron chi connectivity index (χ3n) is 4.31. The molecule has 23 heavy (non-hydrogen) atoms. The van der Waals surface area contributed by atoms with Gasteiger partial charge in [0, 0.05) is 6.04 Å². The number of benzene rings is 1. The van der Waals surface area contributed by atoms with Gasteiger partial charge in [-0.1, -0.05) is 43.7 Å². The normalized spacial score (nSPS) is 23.8. The van der Waals surface area contributed by atoms with E-state index in [2.05, 4.69) is 10.6 Å². The molecule has 1 atom stereocenters. The number of amides is 4. The topological polar surface area (TPSA) is 78.5 Å². The molecule has 0 bridgehead atoms. The lowest BCUT2D eigenvalue weighted by atomic mass is 9.85. The van der Waals surface area contributed by atoms with E-state index in [4.69, 9.17) is 0 Å². The highest BCUT2D eigenvalue weighted by atomic mass is 16.2. The minimum absolute atomic E-state index is 0.206. The van der Waals surface area contributed by atoms with E-state index < -0.39 is 11.6 Å². The van der Waals surface area contributed by atoms with Crippen LogP contribution in [-0.2, 0) is 15.1 Å². The average molecular weight is 315 g/mol. The maximum atomic E-state index is 12.9. The van der Waals surface area contributed by atoms with Crippen molar-refractivity contribution in [3.63, 3.8) is 0 Å². The lowest BCUT2D eigenvalue weighted by molar-refractivity contribution is -0.135. The molecule has 0 aromatic heterocycles. The lowest BCUT2D eigenvalue weighted by Crippen LogP contribution is -2.45. The summed E-state index contributed by atoms with van der Waals surface area (Å²) in [5.41, 5.74) is -0.308. The van der Waals surface area contributed by atoms with E-state index in [0.29, 0.717) is 6.42 Å². The minimum atomic E-state index is -1.06. The Balaban J connectivity index is 1.83. The highest BCUT2D eigenvalue weighted by molar-refractivity contribution is 6.09. The van der Waals surface area contributed by atoms with Crippen LogP contribution in [-0.4, -0.2) is 35.3 Å². The van der Waals surface area contributed by atoms with Crippen molar-refractivity contribution in [2.24, 2.45) is 0 Å². The monoisotopic (exact) mass is 315 g/mol. The molecule has 0 spiro atoms. The van der Waals surface area contributed by atoms with Crippen molar-refractivity contribution in [2.45, 2.75) is 44.2 Å². The Kier molecular flexibility index (Phi) is 4.07. The molecule has 6 nitrogen and oxygen atoms in total. The van der Waals surface area contributed by atoms with Crippen LogP contribution in [0.3, 0.4) is 0 Å². The molecule has 1 aliphatic carbocycles. The van der Waals surface area contributed by atoms with E-state index in [1.165, 1.54) is 0 Å². The molecule has 1 aromatic carbocycles. The van der Waals surface area contributed by atoms with Crippen LogP contribution in [0.25, 0.3) is 0 Å². The molecular weight excluding hydrogens is 294 g/mol. The van der Waals surface area contributed by atoms with Gasteiger partial charge in [-0.3, -0.25) is 14.5 Å². The Morgan fingerprint density at radius 3 is 2.61 bits per heavy atom. The standard InChI is InChI=1S/C17H21N3O3/c1-2-10-17(12-6-4-3-5-7-12)15(22)20(16(23)19-17)11-14(21)18-13-8-9-13/h3-7,13H,2,8-11H2,1H3,(H,18,21)(H,19,23)/t17-/m1/s1. The molecule has 1 aliphatic heterocycles. The second-order valence-electron chi connectivity index (χ2n) is 6.18. The average Bonchev–Trinajstić information content (AvgIpc) is 3.32. The van der Waals surface area contributed by atoms with Crippen molar-refractivity contribution in [2.75, 3.05) is 6.54 Å². The van der Waals surface area contributed by atoms with E-state index in [1.54, 1.807) is 0 Å². The number of nitrogens with one attached hydrogen (secondary N) is 2. The number of hydrogen-bond donors (Lipinski definition) is 2. The summed E-state index contributed by atoms with van der Waals surface area (Å²) in [5.74, 6) is -0.627. The van der Waals surface area contributed by atoms with Crippen molar-refractivity contribution < 1.29 is 14.4 Å². The van der Waals surface area contributed by atoms with Crippen LogP contribution in [0.1, 0.15) is 38.2 Å². The van der Waals surface area contributed by atoms with Crippen LogP contribution < -0.4 is 10.6 Å². The quantitative estimate of drug-likeness (QED) is 0.781. The van der Waals surface area contributed by atoms with Gasteiger partial charge in [-0.2, -0.15) is 0 Å². The smallest absolute Gasteiger partial charge is 0.325 e. The van der Waals surface area contributed by atoms with Gasteiger partial charge in [-0.05, 0) is 24.8 Å². The SMILES string of the molecule is CCC[C@]1(c2ccccc2)NC(=O)N(CC(=O)NC2CC2)C1=O. The molecular formula is C17H21N3O3. The van der Waals surface area contributed by atoms with Crippen LogP contribution in [0, 0.1) is 0 Å². The highest BCUT2D eigenvalue weighted by Crippen LogP contribution is 2.33. The zero-order valence-electron chi connectivity index (χ0n) is 13.2. The molecule has 2 fully saturated rings. The molecule has 1 aromatic rings. The summed E-state index contributed by atoms with van der Waals surface area (Å²) in [5, 5.41) is 5.62. The second kappa shape index (κ2) is 6.02. The van der Waals surface area contributed by atoms with Gasteiger partial charge in [0.1, 0.15) is 12.1 Å². The summed E-state index contributed by atoms with van der Waals surface area (Å²) >= 11 is 0. The third kappa shape index (κ3) is 2.93.